The molecule has 16 heavy (non-hydrogen) atoms. The molecule has 0 saturated heterocycles. The largest absolute Gasteiger partial charge is 0.276 e. The normalized spacial score (nSPS) is 11.3. The second-order valence-electron chi connectivity index (χ2n) is 4.27. The van der Waals surface area contributed by atoms with Crippen LogP contribution in [0.2, 0.25) is 10.0 Å². The van der Waals surface area contributed by atoms with Gasteiger partial charge >= 0.3 is 0 Å². The molecule has 0 unspecified atom stereocenters. The van der Waals surface area contributed by atoms with E-state index < -0.39 is 11.5 Å². The summed E-state index contributed by atoms with van der Waals surface area (Å²) in [4.78, 5) is 16.8. The summed E-state index contributed by atoms with van der Waals surface area (Å²) in [5.41, 5.74) is 2.16. The van der Waals surface area contributed by atoms with E-state index in [1.165, 1.54) is 6.07 Å². The molecule has 0 heterocycles. The van der Waals surface area contributed by atoms with Gasteiger partial charge in [-0.25, -0.2) is 5.48 Å². The van der Waals surface area contributed by atoms with Gasteiger partial charge in [0.1, 0.15) is 0 Å². The van der Waals surface area contributed by atoms with E-state index in [9.17, 15) is 4.79 Å². The number of carbonyl (C=O) groups is 1. The molecule has 1 rings (SSSR count). The van der Waals surface area contributed by atoms with Gasteiger partial charge in [0.2, 0.25) is 0 Å². The van der Waals surface area contributed by atoms with Crippen molar-refractivity contribution in [3.63, 3.8) is 0 Å². The molecule has 0 aliphatic carbocycles. The van der Waals surface area contributed by atoms with Crippen molar-refractivity contribution < 1.29 is 9.63 Å². The molecule has 0 aromatic heterocycles. The minimum Gasteiger partial charge on any atom is -0.268 e. The summed E-state index contributed by atoms with van der Waals surface area (Å²) < 4.78 is 0. The number of benzene rings is 1. The van der Waals surface area contributed by atoms with Crippen molar-refractivity contribution in [2.75, 3.05) is 0 Å². The minimum absolute atomic E-state index is 0.290. The molecule has 0 radical (unpaired) electrons. The average Bonchev–Trinajstić information content (AvgIpc) is 2.17. The maximum absolute atomic E-state index is 11.7. The maximum Gasteiger partial charge on any atom is 0.276 e. The number of carbonyl (C=O) groups excluding carboxylic acids is 1. The predicted octanol–water partition coefficient (Wildman–Crippen LogP) is 3.45. The summed E-state index contributed by atoms with van der Waals surface area (Å²) in [5.74, 6) is -0.414. The Labute approximate surface area is 105 Å². The lowest BCUT2D eigenvalue weighted by atomic mass is 10.2. The van der Waals surface area contributed by atoms with E-state index in [0.29, 0.717) is 15.6 Å². The second kappa shape index (κ2) is 5.04. The van der Waals surface area contributed by atoms with Gasteiger partial charge in [0.25, 0.3) is 5.91 Å². The number of hydrogen-bond acceptors (Lipinski definition) is 2. The summed E-state index contributed by atoms with van der Waals surface area (Å²) in [6.45, 7) is 5.48. The van der Waals surface area contributed by atoms with E-state index in [2.05, 4.69) is 5.48 Å². The number of rotatable bonds is 2. The molecule has 0 saturated carbocycles. The maximum atomic E-state index is 11.7. The Kier molecular flexibility index (Phi) is 4.19. The molecule has 1 aromatic carbocycles. The van der Waals surface area contributed by atoms with Gasteiger partial charge in [-0.1, -0.05) is 23.2 Å². The summed E-state index contributed by atoms with van der Waals surface area (Å²) in [6.07, 6.45) is 0. The van der Waals surface area contributed by atoms with Crippen molar-refractivity contribution in [3.05, 3.63) is 33.8 Å². The van der Waals surface area contributed by atoms with Crippen LogP contribution in [-0.4, -0.2) is 11.5 Å². The van der Waals surface area contributed by atoms with Gasteiger partial charge in [0.05, 0.1) is 16.2 Å². The van der Waals surface area contributed by atoms with Gasteiger partial charge < -0.3 is 0 Å². The third-order valence-electron chi connectivity index (χ3n) is 1.62. The van der Waals surface area contributed by atoms with Crippen LogP contribution >= 0.6 is 23.2 Å². The van der Waals surface area contributed by atoms with E-state index in [1.54, 1.807) is 12.1 Å². The lowest BCUT2D eigenvalue weighted by molar-refractivity contribution is -0.0589. The molecular weight excluding hydrogens is 249 g/mol. The van der Waals surface area contributed by atoms with Crippen LogP contribution in [0, 0.1) is 0 Å². The lowest BCUT2D eigenvalue weighted by Gasteiger charge is -2.19. The van der Waals surface area contributed by atoms with Crippen LogP contribution in [0.5, 0.6) is 0 Å². The third kappa shape index (κ3) is 4.00. The molecule has 0 fully saturated rings. The van der Waals surface area contributed by atoms with Crippen LogP contribution in [0.15, 0.2) is 18.2 Å². The van der Waals surface area contributed by atoms with E-state index >= 15 is 0 Å². The highest BCUT2D eigenvalue weighted by Gasteiger charge is 2.16. The SMILES string of the molecule is CC(C)(C)ONC(=O)c1cc(Cl)ccc1Cl. The molecular formula is C11H13Cl2NO2. The van der Waals surface area contributed by atoms with Gasteiger partial charge in [-0.05, 0) is 39.0 Å². The minimum atomic E-state index is -0.458. The van der Waals surface area contributed by atoms with Crippen LogP contribution in [0.3, 0.4) is 0 Å². The van der Waals surface area contributed by atoms with Crippen LogP contribution in [-0.2, 0) is 4.84 Å². The summed E-state index contributed by atoms with van der Waals surface area (Å²) >= 11 is 11.6. The van der Waals surface area contributed by atoms with E-state index in [-0.39, 0.29) is 0 Å². The average molecular weight is 262 g/mol. The molecule has 3 nitrogen and oxygen atoms in total. The van der Waals surface area contributed by atoms with E-state index in [1.807, 2.05) is 20.8 Å². The fourth-order valence-corrected chi connectivity index (χ4v) is 1.30. The molecule has 5 heteroatoms. The van der Waals surface area contributed by atoms with Crippen molar-refractivity contribution in [3.8, 4) is 0 Å². The molecule has 0 bridgehead atoms. The summed E-state index contributed by atoms with van der Waals surface area (Å²) in [5, 5.41) is 0.782. The zero-order valence-electron chi connectivity index (χ0n) is 9.30. The van der Waals surface area contributed by atoms with Crippen LogP contribution in [0.25, 0.3) is 0 Å². The van der Waals surface area contributed by atoms with Crippen molar-refractivity contribution in [1.82, 2.24) is 5.48 Å². The molecule has 0 spiro atoms. The first kappa shape index (κ1) is 13.3. The molecule has 1 aromatic rings. The monoisotopic (exact) mass is 261 g/mol. The Morgan fingerprint density at radius 3 is 2.50 bits per heavy atom. The van der Waals surface area contributed by atoms with Gasteiger partial charge in [-0.3, -0.25) is 9.63 Å². The highest BCUT2D eigenvalue weighted by Crippen LogP contribution is 2.20. The van der Waals surface area contributed by atoms with Crippen molar-refractivity contribution in [2.45, 2.75) is 26.4 Å². The van der Waals surface area contributed by atoms with Gasteiger partial charge in [0.15, 0.2) is 0 Å². The smallest absolute Gasteiger partial charge is 0.268 e. The molecule has 0 aliphatic heterocycles. The topological polar surface area (TPSA) is 38.3 Å². The highest BCUT2D eigenvalue weighted by molar-refractivity contribution is 6.35. The predicted molar refractivity (Wildman–Crippen MR) is 64.8 cm³/mol. The first-order chi connectivity index (χ1) is 7.29. The Morgan fingerprint density at radius 1 is 1.31 bits per heavy atom. The van der Waals surface area contributed by atoms with Crippen LogP contribution in [0.4, 0.5) is 0 Å². The molecule has 0 atom stereocenters. The summed E-state index contributed by atoms with van der Waals surface area (Å²) in [6, 6.07) is 4.67. The van der Waals surface area contributed by atoms with Crippen LogP contribution < -0.4 is 5.48 Å². The molecule has 1 amide bonds. The zero-order valence-corrected chi connectivity index (χ0v) is 10.8. The van der Waals surface area contributed by atoms with E-state index in [0.717, 1.165) is 0 Å². The number of hydrogen-bond donors (Lipinski definition) is 1. The van der Waals surface area contributed by atoms with Crippen molar-refractivity contribution in [2.24, 2.45) is 0 Å². The number of halogens is 2. The second-order valence-corrected chi connectivity index (χ2v) is 5.11. The third-order valence-corrected chi connectivity index (χ3v) is 2.19. The number of nitrogens with one attached hydrogen (secondary N) is 1. The van der Waals surface area contributed by atoms with E-state index in [4.69, 9.17) is 28.0 Å². The van der Waals surface area contributed by atoms with Gasteiger partial charge in [-0.15, -0.1) is 0 Å². The number of hydroxylamine groups is 1. The first-order valence-corrected chi connectivity index (χ1v) is 5.48. The Bertz CT molecular complexity index is 399. The van der Waals surface area contributed by atoms with Crippen molar-refractivity contribution >= 4 is 29.1 Å². The first-order valence-electron chi connectivity index (χ1n) is 4.73. The Hall–Kier alpha value is -0.770. The molecule has 0 aliphatic rings. The Balaban J connectivity index is 2.77. The fourth-order valence-electron chi connectivity index (χ4n) is 0.926. The number of amides is 1. The summed E-state index contributed by atoms with van der Waals surface area (Å²) in [7, 11) is 0. The lowest BCUT2D eigenvalue weighted by Crippen LogP contribution is -2.33. The quantitative estimate of drug-likeness (QED) is 0.829. The van der Waals surface area contributed by atoms with Crippen molar-refractivity contribution in [1.29, 1.82) is 0 Å². The standard InChI is InChI=1S/C11H13Cl2NO2/c1-11(2,3)16-14-10(15)8-6-7(12)4-5-9(8)13/h4-6H,1-3H3,(H,14,15). The Morgan fingerprint density at radius 2 is 1.94 bits per heavy atom. The molecule has 1 N–H and O–H groups in total. The van der Waals surface area contributed by atoms with Gasteiger partial charge in [0, 0.05) is 5.02 Å². The highest BCUT2D eigenvalue weighted by atomic mass is 35.5. The zero-order chi connectivity index (χ0) is 12.3. The van der Waals surface area contributed by atoms with Crippen LogP contribution in [0.1, 0.15) is 31.1 Å². The fraction of sp³-hybridized carbons (Fsp3) is 0.364. The molecule has 88 valence electrons. The van der Waals surface area contributed by atoms with Gasteiger partial charge in [-0.2, -0.15) is 0 Å².